The van der Waals surface area contributed by atoms with Crippen LogP contribution in [-0.4, -0.2) is 16.7 Å². The molecule has 0 bridgehead atoms. The lowest BCUT2D eigenvalue weighted by Gasteiger charge is -2.18. The molecule has 0 aliphatic heterocycles. The van der Waals surface area contributed by atoms with Crippen LogP contribution in [0.5, 0.6) is 0 Å². The SMILES string of the molecule is C=CCC1=C(O)C(=O)c2ccc(Cl)c(Cl)c2C1=O. The van der Waals surface area contributed by atoms with Gasteiger partial charge in [-0.1, -0.05) is 29.3 Å². The minimum Gasteiger partial charge on any atom is -0.504 e. The number of hydrogen-bond acceptors (Lipinski definition) is 3. The van der Waals surface area contributed by atoms with Crippen LogP contribution in [0.2, 0.25) is 10.0 Å². The molecule has 0 fully saturated rings. The van der Waals surface area contributed by atoms with Crippen LogP contribution in [0.25, 0.3) is 0 Å². The summed E-state index contributed by atoms with van der Waals surface area (Å²) in [6.45, 7) is 3.48. The maximum absolute atomic E-state index is 12.2. The van der Waals surface area contributed by atoms with Crippen molar-refractivity contribution in [3.8, 4) is 0 Å². The molecule has 1 aliphatic carbocycles. The largest absolute Gasteiger partial charge is 0.504 e. The van der Waals surface area contributed by atoms with E-state index < -0.39 is 17.3 Å². The van der Waals surface area contributed by atoms with E-state index >= 15 is 0 Å². The second kappa shape index (κ2) is 4.59. The van der Waals surface area contributed by atoms with Gasteiger partial charge >= 0.3 is 0 Å². The molecule has 0 radical (unpaired) electrons. The van der Waals surface area contributed by atoms with E-state index in [9.17, 15) is 14.7 Å². The Kier molecular flexibility index (Phi) is 3.28. The second-order valence-electron chi connectivity index (χ2n) is 3.76. The molecule has 5 heteroatoms. The van der Waals surface area contributed by atoms with Gasteiger partial charge in [0.05, 0.1) is 15.6 Å². The molecule has 0 spiro atoms. The van der Waals surface area contributed by atoms with Crippen LogP contribution in [0, 0.1) is 0 Å². The van der Waals surface area contributed by atoms with E-state index in [-0.39, 0.29) is 33.2 Å². The van der Waals surface area contributed by atoms with Gasteiger partial charge < -0.3 is 5.11 Å². The van der Waals surface area contributed by atoms with E-state index in [1.165, 1.54) is 18.2 Å². The van der Waals surface area contributed by atoms with Gasteiger partial charge in [0.15, 0.2) is 11.5 Å². The highest BCUT2D eigenvalue weighted by molar-refractivity contribution is 6.46. The van der Waals surface area contributed by atoms with Crippen molar-refractivity contribution in [2.75, 3.05) is 0 Å². The fourth-order valence-corrected chi connectivity index (χ4v) is 2.23. The number of benzene rings is 1. The lowest BCUT2D eigenvalue weighted by Crippen LogP contribution is -2.22. The van der Waals surface area contributed by atoms with Crippen LogP contribution < -0.4 is 0 Å². The third-order valence-corrected chi connectivity index (χ3v) is 3.49. The lowest BCUT2D eigenvalue weighted by molar-refractivity contribution is 0.0927. The van der Waals surface area contributed by atoms with E-state index in [0.29, 0.717) is 0 Å². The maximum Gasteiger partial charge on any atom is 0.228 e. The normalized spacial score (nSPS) is 14.8. The number of hydrogen-bond donors (Lipinski definition) is 1. The standard InChI is InChI=1S/C13H8Cl2O3/c1-2-3-7-11(16)9-6(12(17)13(7)18)4-5-8(14)10(9)15/h2,4-5,18H,1,3H2. The number of halogens is 2. The minimum absolute atomic E-state index is 0.00772. The number of carbonyl (C=O) groups excluding carboxylic acids is 2. The molecule has 1 aliphatic rings. The fourth-order valence-electron chi connectivity index (χ4n) is 1.82. The average Bonchev–Trinajstić information content (AvgIpc) is 2.35. The molecule has 3 nitrogen and oxygen atoms in total. The molecule has 0 unspecified atom stereocenters. The second-order valence-corrected chi connectivity index (χ2v) is 4.55. The third kappa shape index (κ3) is 1.76. The van der Waals surface area contributed by atoms with Crippen molar-refractivity contribution >= 4 is 34.8 Å². The molecule has 0 atom stereocenters. The van der Waals surface area contributed by atoms with Crippen LogP contribution in [0.15, 0.2) is 36.1 Å². The Morgan fingerprint density at radius 3 is 2.50 bits per heavy atom. The Labute approximate surface area is 113 Å². The Morgan fingerprint density at radius 2 is 1.89 bits per heavy atom. The van der Waals surface area contributed by atoms with Crippen molar-refractivity contribution in [2.45, 2.75) is 6.42 Å². The summed E-state index contributed by atoms with van der Waals surface area (Å²) in [7, 11) is 0. The van der Waals surface area contributed by atoms with Gasteiger partial charge in [-0.05, 0) is 18.6 Å². The summed E-state index contributed by atoms with van der Waals surface area (Å²) < 4.78 is 0. The van der Waals surface area contributed by atoms with E-state index in [4.69, 9.17) is 23.2 Å². The van der Waals surface area contributed by atoms with E-state index in [0.717, 1.165) is 0 Å². The minimum atomic E-state index is -0.625. The zero-order chi connectivity index (χ0) is 13.4. The molecule has 92 valence electrons. The molecule has 0 amide bonds. The summed E-state index contributed by atoms with van der Waals surface area (Å²) in [5.74, 6) is -1.67. The smallest absolute Gasteiger partial charge is 0.228 e. The lowest BCUT2D eigenvalue weighted by atomic mass is 9.87. The van der Waals surface area contributed by atoms with Gasteiger partial charge in [-0.2, -0.15) is 0 Å². The predicted octanol–water partition coefficient (Wildman–Crippen LogP) is 3.76. The Bertz CT molecular complexity index is 615. The number of ketones is 2. The van der Waals surface area contributed by atoms with E-state index in [1.54, 1.807) is 0 Å². The highest BCUT2D eigenvalue weighted by Crippen LogP contribution is 2.35. The Morgan fingerprint density at radius 1 is 1.22 bits per heavy atom. The van der Waals surface area contributed by atoms with E-state index in [1.807, 2.05) is 0 Å². The zero-order valence-electron chi connectivity index (χ0n) is 9.17. The van der Waals surface area contributed by atoms with Crippen LogP contribution in [0.3, 0.4) is 0 Å². The number of rotatable bonds is 2. The highest BCUT2D eigenvalue weighted by atomic mass is 35.5. The number of aliphatic hydroxyl groups excluding tert-OH is 1. The number of fused-ring (bicyclic) bond motifs is 1. The number of Topliss-reactive ketones (excluding diaryl/α,β-unsaturated/α-hetero) is 2. The summed E-state index contributed by atoms with van der Waals surface area (Å²) in [6, 6.07) is 2.80. The monoisotopic (exact) mass is 282 g/mol. The summed E-state index contributed by atoms with van der Waals surface area (Å²) in [6.07, 6.45) is 1.53. The topological polar surface area (TPSA) is 54.4 Å². The van der Waals surface area contributed by atoms with Gasteiger partial charge in [-0.15, -0.1) is 6.58 Å². The fraction of sp³-hybridized carbons (Fsp3) is 0.0769. The first kappa shape index (κ1) is 12.9. The van der Waals surface area contributed by atoms with Crippen LogP contribution in [0.4, 0.5) is 0 Å². The Hall–Kier alpha value is -1.58. The summed E-state index contributed by atoms with van der Waals surface area (Å²) >= 11 is 11.8. The molecule has 1 aromatic carbocycles. The van der Waals surface area contributed by atoms with Crippen molar-refractivity contribution in [2.24, 2.45) is 0 Å². The average molecular weight is 283 g/mol. The Balaban J connectivity index is 2.73. The quantitative estimate of drug-likeness (QED) is 0.841. The first-order chi connectivity index (χ1) is 8.49. The van der Waals surface area contributed by atoms with Gasteiger partial charge in [0.2, 0.25) is 5.78 Å². The van der Waals surface area contributed by atoms with Gasteiger partial charge in [0.1, 0.15) is 0 Å². The first-order valence-electron chi connectivity index (χ1n) is 5.09. The molecule has 1 aromatic rings. The van der Waals surface area contributed by atoms with Crippen molar-refractivity contribution in [3.63, 3.8) is 0 Å². The number of carbonyl (C=O) groups is 2. The van der Waals surface area contributed by atoms with Crippen molar-refractivity contribution in [1.82, 2.24) is 0 Å². The molecular weight excluding hydrogens is 275 g/mol. The number of aliphatic hydroxyl groups is 1. The third-order valence-electron chi connectivity index (χ3n) is 2.69. The summed E-state index contributed by atoms with van der Waals surface area (Å²) in [5, 5.41) is 9.95. The summed E-state index contributed by atoms with van der Waals surface area (Å²) in [4.78, 5) is 24.1. The predicted molar refractivity (Wildman–Crippen MR) is 69.6 cm³/mol. The zero-order valence-corrected chi connectivity index (χ0v) is 10.7. The van der Waals surface area contributed by atoms with Gasteiger partial charge in [0, 0.05) is 11.1 Å². The first-order valence-corrected chi connectivity index (χ1v) is 5.85. The molecule has 0 saturated carbocycles. The molecular formula is C13H8Cl2O3. The van der Waals surface area contributed by atoms with Crippen LogP contribution >= 0.6 is 23.2 Å². The molecule has 18 heavy (non-hydrogen) atoms. The van der Waals surface area contributed by atoms with Crippen molar-refractivity contribution < 1.29 is 14.7 Å². The number of allylic oxidation sites excluding steroid dienone is 3. The summed E-state index contributed by atoms with van der Waals surface area (Å²) in [5.41, 5.74) is 0.107. The van der Waals surface area contributed by atoms with Gasteiger partial charge in [-0.25, -0.2) is 0 Å². The van der Waals surface area contributed by atoms with Crippen LogP contribution in [0.1, 0.15) is 27.1 Å². The molecule has 1 N–H and O–H groups in total. The highest BCUT2D eigenvalue weighted by Gasteiger charge is 2.33. The van der Waals surface area contributed by atoms with Crippen LogP contribution in [-0.2, 0) is 0 Å². The molecule has 2 rings (SSSR count). The molecule has 0 saturated heterocycles. The van der Waals surface area contributed by atoms with Gasteiger partial charge in [-0.3, -0.25) is 9.59 Å². The van der Waals surface area contributed by atoms with Gasteiger partial charge in [0.25, 0.3) is 0 Å². The molecule has 0 aromatic heterocycles. The molecule has 0 heterocycles. The maximum atomic E-state index is 12.2. The van der Waals surface area contributed by atoms with Crippen molar-refractivity contribution in [1.29, 1.82) is 0 Å². The van der Waals surface area contributed by atoms with E-state index in [2.05, 4.69) is 6.58 Å². The van der Waals surface area contributed by atoms with Crippen molar-refractivity contribution in [3.05, 3.63) is 57.3 Å².